The van der Waals surface area contributed by atoms with E-state index in [1.54, 1.807) is 0 Å². The molecule has 0 bridgehead atoms. The Labute approximate surface area is 279 Å². The molecular formula is C31H36BrFN2O11S. The molecule has 3 atom stereocenters. The zero-order valence-electron chi connectivity index (χ0n) is 26.2. The molecule has 0 amide bonds. The average molecular weight is 744 g/mol. The maximum Gasteiger partial charge on any atom is 0.338 e. The van der Waals surface area contributed by atoms with Crippen LogP contribution in [0.25, 0.3) is 16.8 Å². The number of carbonyl (C=O) groups is 2. The van der Waals surface area contributed by atoms with Gasteiger partial charge in [0.25, 0.3) is 0 Å². The lowest BCUT2D eigenvalue weighted by Crippen LogP contribution is -2.44. The lowest BCUT2D eigenvalue weighted by molar-refractivity contribution is -0.181. The number of nitrogens with zero attached hydrogens (tertiary/aromatic N) is 2. The number of carbonyl (C=O) groups excluding carboxylic acids is 1. The van der Waals surface area contributed by atoms with Crippen molar-refractivity contribution in [1.82, 2.24) is 9.78 Å². The molecule has 2 aromatic carbocycles. The lowest BCUT2D eigenvalue weighted by atomic mass is 10.1. The Morgan fingerprint density at radius 3 is 2.28 bits per heavy atom. The number of hydrogen-bond donors (Lipinski definition) is 3. The fourth-order valence-electron chi connectivity index (χ4n) is 4.19. The number of hydrogen-bond acceptors (Lipinski definition) is 11. The number of aliphatic hydroxyl groups excluding tert-OH is 2. The van der Waals surface area contributed by atoms with Gasteiger partial charge in [-0.05, 0) is 71.6 Å². The zero-order chi connectivity index (χ0) is 35.3. The van der Waals surface area contributed by atoms with E-state index in [0.29, 0.717) is 12.0 Å². The van der Waals surface area contributed by atoms with Gasteiger partial charge < -0.3 is 29.5 Å². The van der Waals surface area contributed by atoms with Crippen LogP contribution < -0.4 is 10.3 Å². The van der Waals surface area contributed by atoms with Gasteiger partial charge in [-0.1, -0.05) is 26.0 Å². The van der Waals surface area contributed by atoms with Crippen LogP contribution in [0.4, 0.5) is 4.39 Å². The van der Waals surface area contributed by atoms with E-state index in [-0.39, 0.29) is 45.3 Å². The van der Waals surface area contributed by atoms with Crippen molar-refractivity contribution in [3.8, 4) is 22.6 Å². The van der Waals surface area contributed by atoms with Crippen molar-refractivity contribution in [2.45, 2.75) is 69.5 Å². The number of benzene rings is 2. The molecule has 0 aliphatic heterocycles. The van der Waals surface area contributed by atoms with Gasteiger partial charge in [-0.3, -0.25) is 4.79 Å². The third kappa shape index (κ3) is 10.1. The molecule has 0 spiro atoms. The molecule has 13 nitrogen and oxygen atoms in total. The van der Waals surface area contributed by atoms with E-state index in [1.807, 2.05) is 13.8 Å². The normalized spacial score (nSPS) is 14.0. The molecule has 1 aromatic heterocycles. The number of ether oxygens (including phenoxy) is 3. The summed E-state index contributed by atoms with van der Waals surface area (Å²) in [5, 5.41) is 32.3. The number of esters is 1. The van der Waals surface area contributed by atoms with Crippen molar-refractivity contribution in [2.24, 2.45) is 5.92 Å². The van der Waals surface area contributed by atoms with Crippen LogP contribution in [0.15, 0.2) is 62.8 Å². The Kier molecular flexibility index (Phi) is 12.4. The first-order valence-corrected chi connectivity index (χ1v) is 17.0. The molecule has 47 heavy (non-hydrogen) atoms. The predicted molar refractivity (Wildman–Crippen MR) is 170 cm³/mol. The SMILES string of the molecule is CC(C)CC(OCCC(C)(C)OC(=O)[C@H](O)[C@@H](O)C(=O)O)Oc1c(-c2ccc(S(C)(=O)=O)cc2)cnn(-c2ccc(F)c(Br)c2)c1=O. The van der Waals surface area contributed by atoms with E-state index in [0.717, 1.165) is 17.0 Å². The number of carboxylic acids is 1. The summed E-state index contributed by atoms with van der Waals surface area (Å²) in [6.07, 6.45) is -2.94. The van der Waals surface area contributed by atoms with E-state index >= 15 is 0 Å². The summed E-state index contributed by atoms with van der Waals surface area (Å²) < 4.78 is 56.5. The fourth-order valence-corrected chi connectivity index (χ4v) is 5.19. The van der Waals surface area contributed by atoms with E-state index in [1.165, 1.54) is 56.4 Å². The summed E-state index contributed by atoms with van der Waals surface area (Å²) in [5.74, 6) is -3.86. The number of carboxylic acid groups (broad SMARTS) is 1. The molecular weight excluding hydrogens is 707 g/mol. The quantitative estimate of drug-likeness (QED) is 0.152. The number of halogens is 2. The number of aromatic nitrogens is 2. The maximum absolute atomic E-state index is 14.0. The highest BCUT2D eigenvalue weighted by molar-refractivity contribution is 9.10. The van der Waals surface area contributed by atoms with Crippen LogP contribution in [-0.4, -0.2) is 82.4 Å². The van der Waals surface area contributed by atoms with Crippen molar-refractivity contribution >= 4 is 37.7 Å². The number of aliphatic hydroxyl groups is 2. The molecule has 3 N–H and O–H groups in total. The van der Waals surface area contributed by atoms with E-state index in [4.69, 9.17) is 19.3 Å². The lowest BCUT2D eigenvalue weighted by Gasteiger charge is -2.28. The first-order chi connectivity index (χ1) is 21.8. The monoisotopic (exact) mass is 742 g/mol. The highest BCUT2D eigenvalue weighted by atomic mass is 79.9. The topological polar surface area (TPSA) is 192 Å². The van der Waals surface area contributed by atoms with Crippen LogP contribution in [-0.2, 0) is 28.9 Å². The smallest absolute Gasteiger partial charge is 0.338 e. The second-order valence-corrected chi connectivity index (χ2v) is 14.6. The standard InChI is InChI=1S/C31H36BrFN2O11S/c1-17(2)14-24(44-13-12-31(3,4)46-30(41)26(37)25(36)29(39)40)45-27-21(18-6-9-20(10-7-18)47(5,42)43)16-34-35(28(27)38)19-8-11-23(33)22(32)15-19/h6-11,15-17,24-26,36-37H,12-14H2,1-5H3,(H,39,40)/t24?,25-,26-/m1/s1. The molecule has 0 aliphatic rings. The minimum atomic E-state index is -3.50. The molecule has 1 heterocycles. The van der Waals surface area contributed by atoms with Crippen molar-refractivity contribution in [2.75, 3.05) is 12.9 Å². The maximum atomic E-state index is 14.0. The molecule has 3 aromatic rings. The Bertz CT molecular complexity index is 1760. The molecule has 0 fully saturated rings. The van der Waals surface area contributed by atoms with Gasteiger partial charge in [-0.25, -0.2) is 22.4 Å². The predicted octanol–water partition coefficient (Wildman–Crippen LogP) is 3.49. The minimum absolute atomic E-state index is 0.00750. The second kappa shape index (κ2) is 15.5. The summed E-state index contributed by atoms with van der Waals surface area (Å²) >= 11 is 3.11. The highest BCUT2D eigenvalue weighted by Gasteiger charge is 2.35. The van der Waals surface area contributed by atoms with Crippen LogP contribution >= 0.6 is 15.9 Å². The first kappa shape index (κ1) is 37.8. The van der Waals surface area contributed by atoms with Crippen molar-refractivity contribution < 1.29 is 51.9 Å². The molecule has 3 rings (SSSR count). The Hall–Kier alpha value is -3.70. The molecule has 16 heteroatoms. The van der Waals surface area contributed by atoms with Crippen LogP contribution in [0, 0.1) is 11.7 Å². The van der Waals surface area contributed by atoms with Crippen molar-refractivity contribution in [3.63, 3.8) is 0 Å². The van der Waals surface area contributed by atoms with Gasteiger partial charge in [0.15, 0.2) is 34.1 Å². The van der Waals surface area contributed by atoms with Crippen LogP contribution in [0.2, 0.25) is 0 Å². The van der Waals surface area contributed by atoms with Crippen molar-refractivity contribution in [1.29, 1.82) is 0 Å². The highest BCUT2D eigenvalue weighted by Crippen LogP contribution is 2.30. The summed E-state index contributed by atoms with van der Waals surface area (Å²) in [4.78, 5) is 37.1. The van der Waals surface area contributed by atoms with Crippen LogP contribution in [0.1, 0.15) is 40.5 Å². The zero-order valence-corrected chi connectivity index (χ0v) is 28.6. The van der Waals surface area contributed by atoms with Gasteiger partial charge in [0.1, 0.15) is 11.4 Å². The number of rotatable bonds is 15. The number of sulfone groups is 1. The Balaban J connectivity index is 1.95. The Morgan fingerprint density at radius 1 is 1.09 bits per heavy atom. The summed E-state index contributed by atoms with van der Waals surface area (Å²) in [6, 6.07) is 9.66. The third-order valence-electron chi connectivity index (χ3n) is 6.77. The summed E-state index contributed by atoms with van der Waals surface area (Å²) in [5.41, 5.74) is -1.11. The first-order valence-electron chi connectivity index (χ1n) is 14.3. The minimum Gasteiger partial charge on any atom is -0.479 e. The second-order valence-electron chi connectivity index (χ2n) is 11.7. The van der Waals surface area contributed by atoms with Crippen molar-refractivity contribution in [3.05, 3.63) is 69.3 Å². The average Bonchev–Trinajstić information content (AvgIpc) is 2.97. The third-order valence-corrected chi connectivity index (χ3v) is 8.50. The van der Waals surface area contributed by atoms with Gasteiger partial charge in [-0.15, -0.1) is 0 Å². The molecule has 0 saturated heterocycles. The van der Waals surface area contributed by atoms with Gasteiger partial charge in [0.05, 0.1) is 27.9 Å². The number of aliphatic carboxylic acids is 1. The van der Waals surface area contributed by atoms with E-state index in [2.05, 4.69) is 21.0 Å². The summed E-state index contributed by atoms with van der Waals surface area (Å²) in [6.45, 7) is 6.69. The fraction of sp³-hybridized carbons (Fsp3) is 0.419. The van der Waals surface area contributed by atoms with Crippen LogP contribution in [0.5, 0.6) is 5.75 Å². The van der Waals surface area contributed by atoms with E-state index < -0.39 is 57.3 Å². The van der Waals surface area contributed by atoms with E-state index in [9.17, 15) is 37.4 Å². The molecule has 1 unspecified atom stereocenters. The summed E-state index contributed by atoms with van der Waals surface area (Å²) in [7, 11) is -3.50. The molecule has 256 valence electrons. The van der Waals surface area contributed by atoms with Gasteiger partial charge in [-0.2, -0.15) is 9.78 Å². The van der Waals surface area contributed by atoms with Gasteiger partial charge in [0, 0.05) is 24.7 Å². The largest absolute Gasteiger partial charge is 0.479 e. The molecule has 0 radical (unpaired) electrons. The Morgan fingerprint density at radius 2 is 1.72 bits per heavy atom. The van der Waals surface area contributed by atoms with Crippen LogP contribution in [0.3, 0.4) is 0 Å². The molecule has 0 saturated carbocycles. The molecule has 0 aliphatic carbocycles. The van der Waals surface area contributed by atoms with Gasteiger partial charge in [0.2, 0.25) is 0 Å². The van der Waals surface area contributed by atoms with Gasteiger partial charge >= 0.3 is 17.5 Å².